The van der Waals surface area contributed by atoms with Gasteiger partial charge in [0.2, 0.25) is 0 Å². The third-order valence-electron chi connectivity index (χ3n) is 4.10. The highest BCUT2D eigenvalue weighted by molar-refractivity contribution is 6.30. The molecule has 2 N–H and O–H groups in total. The second-order valence-electron chi connectivity index (χ2n) is 5.92. The molecule has 0 aliphatic carbocycles. The summed E-state index contributed by atoms with van der Waals surface area (Å²) in [4.78, 5) is 0. The lowest BCUT2D eigenvalue weighted by Crippen LogP contribution is -2.14. The predicted octanol–water partition coefficient (Wildman–Crippen LogP) is 5.76. The van der Waals surface area contributed by atoms with E-state index >= 15 is 0 Å². The minimum atomic E-state index is -0.643. The molecule has 0 fully saturated rings. The SMILES string of the molecule is OC(CC(Nc1ccc(F)cc1)c1ccccc1)c1ccc(Cl)cc1. The van der Waals surface area contributed by atoms with E-state index in [9.17, 15) is 9.50 Å². The third-order valence-corrected chi connectivity index (χ3v) is 4.35. The summed E-state index contributed by atoms with van der Waals surface area (Å²) >= 11 is 5.91. The van der Waals surface area contributed by atoms with E-state index in [0.29, 0.717) is 11.4 Å². The van der Waals surface area contributed by atoms with Crippen molar-refractivity contribution >= 4 is 17.3 Å². The number of benzene rings is 3. The smallest absolute Gasteiger partial charge is 0.123 e. The fourth-order valence-corrected chi connectivity index (χ4v) is 2.88. The summed E-state index contributed by atoms with van der Waals surface area (Å²) < 4.78 is 13.1. The van der Waals surface area contributed by atoms with Crippen LogP contribution in [-0.2, 0) is 0 Å². The number of hydrogen-bond acceptors (Lipinski definition) is 2. The van der Waals surface area contributed by atoms with Gasteiger partial charge in [0.15, 0.2) is 0 Å². The van der Waals surface area contributed by atoms with Gasteiger partial charge in [0.1, 0.15) is 5.82 Å². The van der Waals surface area contributed by atoms with Crippen LogP contribution < -0.4 is 5.32 Å². The van der Waals surface area contributed by atoms with Crippen LogP contribution in [0, 0.1) is 5.82 Å². The number of nitrogens with one attached hydrogen (secondary N) is 1. The maximum Gasteiger partial charge on any atom is 0.123 e. The molecule has 0 spiro atoms. The van der Waals surface area contributed by atoms with Gasteiger partial charge in [-0.3, -0.25) is 0 Å². The van der Waals surface area contributed by atoms with E-state index < -0.39 is 6.10 Å². The lowest BCUT2D eigenvalue weighted by molar-refractivity contribution is 0.160. The van der Waals surface area contributed by atoms with Gasteiger partial charge in [-0.05, 0) is 47.5 Å². The topological polar surface area (TPSA) is 32.3 Å². The van der Waals surface area contributed by atoms with Crippen LogP contribution in [-0.4, -0.2) is 5.11 Å². The number of anilines is 1. The first-order chi connectivity index (χ1) is 12.1. The molecule has 0 saturated heterocycles. The Balaban J connectivity index is 1.81. The van der Waals surface area contributed by atoms with Crippen LogP contribution >= 0.6 is 11.6 Å². The quantitative estimate of drug-likeness (QED) is 0.589. The molecule has 25 heavy (non-hydrogen) atoms. The molecule has 0 radical (unpaired) electrons. The van der Waals surface area contributed by atoms with Gasteiger partial charge in [0, 0.05) is 17.1 Å². The second-order valence-corrected chi connectivity index (χ2v) is 6.35. The number of aliphatic hydroxyl groups is 1. The van der Waals surface area contributed by atoms with Crippen LogP contribution in [0.4, 0.5) is 10.1 Å². The van der Waals surface area contributed by atoms with E-state index in [2.05, 4.69) is 5.32 Å². The van der Waals surface area contributed by atoms with Gasteiger partial charge >= 0.3 is 0 Å². The van der Waals surface area contributed by atoms with Crippen molar-refractivity contribution in [3.8, 4) is 0 Å². The van der Waals surface area contributed by atoms with Gasteiger partial charge in [-0.2, -0.15) is 0 Å². The highest BCUT2D eigenvalue weighted by Gasteiger charge is 2.18. The van der Waals surface area contributed by atoms with Crippen molar-refractivity contribution < 1.29 is 9.50 Å². The summed E-state index contributed by atoms with van der Waals surface area (Å²) in [5.74, 6) is -0.275. The standard InChI is InChI=1S/C21H19ClFNO/c22-17-8-6-16(7-9-17)21(25)14-20(15-4-2-1-3-5-15)24-19-12-10-18(23)11-13-19/h1-13,20-21,24-25H,14H2. The van der Waals surface area contributed by atoms with E-state index in [-0.39, 0.29) is 11.9 Å². The molecule has 2 unspecified atom stereocenters. The molecular formula is C21H19ClFNO. The third kappa shape index (κ3) is 4.81. The monoisotopic (exact) mass is 355 g/mol. The van der Waals surface area contributed by atoms with Gasteiger partial charge in [0.25, 0.3) is 0 Å². The number of rotatable bonds is 6. The molecule has 0 aromatic heterocycles. The summed E-state index contributed by atoms with van der Waals surface area (Å²) in [5, 5.41) is 14.6. The number of hydrogen-bond donors (Lipinski definition) is 2. The second kappa shape index (κ2) is 8.15. The normalized spacial score (nSPS) is 13.2. The molecule has 3 rings (SSSR count). The van der Waals surface area contributed by atoms with Crippen molar-refractivity contribution in [2.24, 2.45) is 0 Å². The van der Waals surface area contributed by atoms with E-state index in [1.807, 2.05) is 42.5 Å². The van der Waals surface area contributed by atoms with Gasteiger partial charge < -0.3 is 10.4 Å². The van der Waals surface area contributed by atoms with E-state index in [1.165, 1.54) is 12.1 Å². The van der Waals surface area contributed by atoms with Crippen LogP contribution in [0.1, 0.15) is 29.7 Å². The van der Waals surface area contributed by atoms with Crippen molar-refractivity contribution in [1.82, 2.24) is 0 Å². The average molecular weight is 356 g/mol. The molecule has 0 saturated carbocycles. The highest BCUT2D eigenvalue weighted by Crippen LogP contribution is 2.30. The van der Waals surface area contributed by atoms with Crippen molar-refractivity contribution in [2.45, 2.75) is 18.6 Å². The van der Waals surface area contributed by atoms with Gasteiger partial charge in [-0.25, -0.2) is 4.39 Å². The molecular weight excluding hydrogens is 337 g/mol. The predicted molar refractivity (Wildman–Crippen MR) is 100 cm³/mol. The lowest BCUT2D eigenvalue weighted by atomic mass is 9.96. The molecule has 128 valence electrons. The Hall–Kier alpha value is -2.36. The summed E-state index contributed by atoms with van der Waals surface area (Å²) in [6.07, 6.45) is -0.168. The van der Waals surface area contributed by atoms with Crippen LogP contribution in [0.3, 0.4) is 0 Å². The molecule has 2 atom stereocenters. The zero-order valence-corrected chi connectivity index (χ0v) is 14.3. The Labute approximate surface area is 151 Å². The summed E-state index contributed by atoms with van der Waals surface area (Å²) in [6.45, 7) is 0. The fourth-order valence-electron chi connectivity index (χ4n) is 2.76. The van der Waals surface area contributed by atoms with Gasteiger partial charge in [0.05, 0.1) is 12.1 Å². The Morgan fingerprint density at radius 3 is 2.12 bits per heavy atom. The summed E-state index contributed by atoms with van der Waals surface area (Å²) in [5.41, 5.74) is 2.67. The largest absolute Gasteiger partial charge is 0.388 e. The fraction of sp³-hybridized carbons (Fsp3) is 0.143. The Bertz CT molecular complexity index is 790. The summed E-state index contributed by atoms with van der Waals surface area (Å²) in [7, 11) is 0. The minimum Gasteiger partial charge on any atom is -0.388 e. The van der Waals surface area contributed by atoms with E-state index in [4.69, 9.17) is 11.6 Å². The van der Waals surface area contributed by atoms with Crippen molar-refractivity contribution in [3.63, 3.8) is 0 Å². The highest BCUT2D eigenvalue weighted by atomic mass is 35.5. The van der Waals surface area contributed by atoms with Crippen LogP contribution in [0.2, 0.25) is 5.02 Å². The average Bonchev–Trinajstić information content (AvgIpc) is 2.64. The maximum atomic E-state index is 13.1. The maximum absolute atomic E-state index is 13.1. The van der Waals surface area contributed by atoms with Crippen LogP contribution in [0.5, 0.6) is 0 Å². The van der Waals surface area contributed by atoms with Crippen LogP contribution in [0.25, 0.3) is 0 Å². The van der Waals surface area contributed by atoms with E-state index in [0.717, 1.165) is 16.8 Å². The Kier molecular flexibility index (Phi) is 5.69. The molecule has 3 aromatic rings. The molecule has 0 heterocycles. The first-order valence-electron chi connectivity index (χ1n) is 8.12. The minimum absolute atomic E-state index is 0.114. The van der Waals surface area contributed by atoms with E-state index in [1.54, 1.807) is 24.3 Å². The van der Waals surface area contributed by atoms with Crippen molar-refractivity contribution in [2.75, 3.05) is 5.32 Å². The first-order valence-corrected chi connectivity index (χ1v) is 8.50. The van der Waals surface area contributed by atoms with Crippen molar-refractivity contribution in [1.29, 1.82) is 0 Å². The molecule has 0 amide bonds. The van der Waals surface area contributed by atoms with Crippen molar-refractivity contribution in [3.05, 3.63) is 101 Å². The Morgan fingerprint density at radius 2 is 1.48 bits per heavy atom. The zero-order chi connectivity index (χ0) is 17.6. The van der Waals surface area contributed by atoms with Gasteiger partial charge in [-0.15, -0.1) is 0 Å². The molecule has 0 aliphatic rings. The molecule has 2 nitrogen and oxygen atoms in total. The first kappa shape index (κ1) is 17.5. The molecule has 0 aliphatic heterocycles. The summed E-state index contributed by atoms with van der Waals surface area (Å²) in [6, 6.07) is 23.2. The number of aliphatic hydroxyl groups excluding tert-OH is 1. The molecule has 3 aromatic carbocycles. The zero-order valence-electron chi connectivity index (χ0n) is 13.6. The number of halogens is 2. The van der Waals surface area contributed by atoms with Gasteiger partial charge in [-0.1, -0.05) is 54.1 Å². The molecule has 0 bridgehead atoms. The lowest BCUT2D eigenvalue weighted by Gasteiger charge is -2.23. The Morgan fingerprint density at radius 1 is 0.840 bits per heavy atom. The molecule has 4 heteroatoms. The van der Waals surface area contributed by atoms with Crippen LogP contribution in [0.15, 0.2) is 78.9 Å².